The highest BCUT2D eigenvalue weighted by molar-refractivity contribution is 5.73. The average Bonchev–Trinajstić information content (AvgIpc) is 2.99. The lowest BCUT2D eigenvalue weighted by Gasteiger charge is -2.23. The molecular formula is C17H24FN5O2. The molecule has 0 aliphatic rings. The molecule has 0 radical (unpaired) electrons. The number of aromatic nitrogens is 2. The van der Waals surface area contributed by atoms with Crippen molar-refractivity contribution in [2.24, 2.45) is 7.05 Å². The number of aryl methyl sites for hydroxylation is 1. The number of hydrogen-bond acceptors (Lipinski definition) is 4. The second-order valence-electron chi connectivity index (χ2n) is 6.05. The van der Waals surface area contributed by atoms with Gasteiger partial charge in [-0.1, -0.05) is 18.2 Å². The minimum atomic E-state index is -1.10. The van der Waals surface area contributed by atoms with Crippen molar-refractivity contribution in [3.8, 4) is 0 Å². The van der Waals surface area contributed by atoms with Crippen LogP contribution in [0.5, 0.6) is 0 Å². The number of amides is 2. The summed E-state index contributed by atoms with van der Waals surface area (Å²) in [5.41, 5.74) is 1.14. The van der Waals surface area contributed by atoms with Gasteiger partial charge in [-0.25, -0.2) is 9.18 Å². The van der Waals surface area contributed by atoms with Crippen molar-refractivity contribution < 1.29 is 14.3 Å². The predicted octanol–water partition coefficient (Wildman–Crippen LogP) is 1.19. The van der Waals surface area contributed by atoms with Crippen LogP contribution >= 0.6 is 0 Å². The summed E-state index contributed by atoms with van der Waals surface area (Å²) in [6.07, 6.45) is 2.55. The van der Waals surface area contributed by atoms with Crippen LogP contribution in [0.3, 0.4) is 0 Å². The Bertz CT molecular complexity index is 704. The van der Waals surface area contributed by atoms with E-state index in [9.17, 15) is 14.3 Å². The van der Waals surface area contributed by atoms with E-state index in [1.807, 2.05) is 32.2 Å². The van der Waals surface area contributed by atoms with Gasteiger partial charge in [0.05, 0.1) is 18.3 Å². The maximum Gasteiger partial charge on any atom is 0.314 e. The number of urea groups is 1. The van der Waals surface area contributed by atoms with Crippen molar-refractivity contribution in [1.82, 2.24) is 25.3 Å². The summed E-state index contributed by atoms with van der Waals surface area (Å²) in [5.74, 6) is -0.499. The van der Waals surface area contributed by atoms with Crippen LogP contribution in [0.15, 0.2) is 36.7 Å². The number of carbonyl (C=O) groups is 1. The normalized spacial score (nSPS) is 13.5. The summed E-state index contributed by atoms with van der Waals surface area (Å²) < 4.78 is 15.3. The summed E-state index contributed by atoms with van der Waals surface area (Å²) in [4.78, 5) is 13.9. The summed E-state index contributed by atoms with van der Waals surface area (Å²) in [6, 6.07) is 5.49. The van der Waals surface area contributed by atoms with E-state index < -0.39 is 18.0 Å². The van der Waals surface area contributed by atoms with Crippen molar-refractivity contribution in [3.63, 3.8) is 0 Å². The number of aliphatic hydroxyl groups excluding tert-OH is 1. The van der Waals surface area contributed by atoms with Crippen LogP contribution in [0, 0.1) is 5.82 Å². The van der Waals surface area contributed by atoms with Gasteiger partial charge in [-0.3, -0.25) is 4.68 Å². The third kappa shape index (κ3) is 5.27. The van der Waals surface area contributed by atoms with E-state index in [1.54, 1.807) is 23.0 Å². The minimum absolute atomic E-state index is 0.0315. The van der Waals surface area contributed by atoms with Crippen molar-refractivity contribution in [1.29, 1.82) is 0 Å². The smallest absolute Gasteiger partial charge is 0.314 e. The van der Waals surface area contributed by atoms with Gasteiger partial charge in [0.15, 0.2) is 0 Å². The number of aliphatic hydroxyl groups is 1. The van der Waals surface area contributed by atoms with E-state index in [0.717, 1.165) is 5.56 Å². The zero-order valence-electron chi connectivity index (χ0n) is 14.6. The number of rotatable bonds is 7. The molecule has 0 bridgehead atoms. The lowest BCUT2D eigenvalue weighted by molar-refractivity contribution is 0.168. The Morgan fingerprint density at radius 2 is 2.00 bits per heavy atom. The Kier molecular flexibility index (Phi) is 6.49. The molecule has 0 saturated heterocycles. The van der Waals surface area contributed by atoms with Crippen molar-refractivity contribution in [2.75, 3.05) is 27.2 Å². The molecule has 2 rings (SSSR count). The largest absolute Gasteiger partial charge is 0.386 e. The van der Waals surface area contributed by atoms with Crippen LogP contribution in [0.4, 0.5) is 9.18 Å². The lowest BCUT2D eigenvalue weighted by Crippen LogP contribution is -2.41. The maximum atomic E-state index is 13.6. The zero-order valence-corrected chi connectivity index (χ0v) is 14.6. The molecule has 0 saturated carbocycles. The Labute approximate surface area is 146 Å². The molecule has 2 atom stereocenters. The van der Waals surface area contributed by atoms with Crippen molar-refractivity contribution >= 4 is 6.03 Å². The molecule has 136 valence electrons. The number of benzene rings is 1. The number of likely N-dealkylation sites (N-methyl/N-ethyl adjacent to an activating group) is 1. The summed E-state index contributed by atoms with van der Waals surface area (Å²) in [7, 11) is 5.67. The summed E-state index contributed by atoms with van der Waals surface area (Å²) in [6.45, 7) is 0.298. The van der Waals surface area contributed by atoms with E-state index in [2.05, 4.69) is 15.7 Å². The second-order valence-corrected chi connectivity index (χ2v) is 6.05. The number of hydrogen-bond donors (Lipinski definition) is 3. The minimum Gasteiger partial charge on any atom is -0.386 e. The molecule has 25 heavy (non-hydrogen) atoms. The molecule has 1 aromatic heterocycles. The first-order valence-electron chi connectivity index (χ1n) is 7.97. The molecule has 0 aliphatic heterocycles. The Morgan fingerprint density at radius 1 is 1.32 bits per heavy atom. The molecule has 0 aliphatic carbocycles. The SMILES string of the molecule is CN(C)C(CNC(=O)NCC(O)c1ccccc1F)c1cnn(C)c1. The quantitative estimate of drug-likeness (QED) is 0.701. The van der Waals surface area contributed by atoms with E-state index in [0.29, 0.717) is 6.54 Å². The summed E-state index contributed by atoms with van der Waals surface area (Å²) >= 11 is 0. The molecular weight excluding hydrogens is 325 g/mol. The first kappa shape index (κ1) is 18.9. The van der Waals surface area contributed by atoms with Gasteiger partial charge in [0.2, 0.25) is 0 Å². The molecule has 7 nitrogen and oxygen atoms in total. The highest BCUT2D eigenvalue weighted by atomic mass is 19.1. The van der Waals surface area contributed by atoms with Gasteiger partial charge < -0.3 is 20.6 Å². The fourth-order valence-electron chi connectivity index (χ4n) is 2.51. The van der Waals surface area contributed by atoms with Gasteiger partial charge in [-0.05, 0) is 20.2 Å². The van der Waals surface area contributed by atoms with E-state index in [4.69, 9.17) is 0 Å². The highest BCUT2D eigenvalue weighted by Gasteiger charge is 2.18. The molecule has 0 spiro atoms. The molecule has 1 aromatic carbocycles. The average molecular weight is 349 g/mol. The monoisotopic (exact) mass is 349 g/mol. The van der Waals surface area contributed by atoms with Gasteiger partial charge in [0.1, 0.15) is 5.82 Å². The van der Waals surface area contributed by atoms with Crippen LogP contribution in [-0.4, -0.2) is 53.0 Å². The van der Waals surface area contributed by atoms with Gasteiger partial charge in [-0.15, -0.1) is 0 Å². The van der Waals surface area contributed by atoms with Gasteiger partial charge in [-0.2, -0.15) is 5.10 Å². The first-order valence-corrected chi connectivity index (χ1v) is 7.97. The Balaban J connectivity index is 1.84. The molecule has 3 N–H and O–H groups in total. The Hall–Kier alpha value is -2.45. The predicted molar refractivity (Wildman–Crippen MR) is 92.4 cm³/mol. The van der Waals surface area contributed by atoms with Gasteiger partial charge in [0.25, 0.3) is 0 Å². The first-order chi connectivity index (χ1) is 11.9. The molecule has 2 aromatic rings. The van der Waals surface area contributed by atoms with Crippen LogP contribution < -0.4 is 10.6 Å². The van der Waals surface area contributed by atoms with E-state index >= 15 is 0 Å². The van der Waals surface area contributed by atoms with Gasteiger partial charge >= 0.3 is 6.03 Å². The zero-order chi connectivity index (χ0) is 18.4. The number of carbonyl (C=O) groups excluding carboxylic acids is 1. The second kappa shape index (κ2) is 8.59. The number of halogens is 1. The standard InChI is InChI=1S/C17H24FN5O2/c1-22(2)15(12-8-21-23(3)11-12)9-19-17(25)20-10-16(24)13-6-4-5-7-14(13)18/h4-8,11,15-16,24H,9-10H2,1-3H3,(H2,19,20,25). The third-order valence-electron chi connectivity index (χ3n) is 3.91. The lowest BCUT2D eigenvalue weighted by atomic mass is 10.1. The molecule has 0 fully saturated rings. The van der Waals surface area contributed by atoms with E-state index in [-0.39, 0.29) is 18.2 Å². The molecule has 2 amide bonds. The topological polar surface area (TPSA) is 82.4 Å². The fourth-order valence-corrected chi connectivity index (χ4v) is 2.51. The van der Waals surface area contributed by atoms with E-state index in [1.165, 1.54) is 12.1 Å². The molecule has 2 unspecified atom stereocenters. The summed E-state index contributed by atoms with van der Waals surface area (Å²) in [5, 5.41) is 19.4. The van der Waals surface area contributed by atoms with Gasteiger partial charge in [0, 0.05) is 37.5 Å². The maximum absolute atomic E-state index is 13.6. The van der Waals surface area contributed by atoms with Crippen LogP contribution in [0.1, 0.15) is 23.3 Å². The molecule has 1 heterocycles. The third-order valence-corrected chi connectivity index (χ3v) is 3.91. The number of nitrogens with zero attached hydrogens (tertiary/aromatic N) is 3. The van der Waals surface area contributed by atoms with Crippen LogP contribution in [-0.2, 0) is 7.05 Å². The Morgan fingerprint density at radius 3 is 2.60 bits per heavy atom. The van der Waals surface area contributed by atoms with Crippen molar-refractivity contribution in [2.45, 2.75) is 12.1 Å². The molecule has 8 heteroatoms. The van der Waals surface area contributed by atoms with Crippen molar-refractivity contribution in [3.05, 3.63) is 53.6 Å². The fraction of sp³-hybridized carbons (Fsp3) is 0.412. The van der Waals surface area contributed by atoms with Crippen LogP contribution in [0.25, 0.3) is 0 Å². The van der Waals surface area contributed by atoms with Crippen LogP contribution in [0.2, 0.25) is 0 Å². The number of nitrogens with one attached hydrogen (secondary N) is 2. The highest BCUT2D eigenvalue weighted by Crippen LogP contribution is 2.17.